The molecule has 44 heavy (non-hydrogen) atoms. The molecular formula is C39H55NO4. The van der Waals surface area contributed by atoms with Gasteiger partial charge < -0.3 is 9.15 Å². The van der Waals surface area contributed by atoms with E-state index in [2.05, 4.69) is 67.5 Å². The van der Waals surface area contributed by atoms with E-state index in [0.29, 0.717) is 18.9 Å². The first-order valence-electron chi connectivity index (χ1n) is 17.5. The number of hydrogen-bond donors (Lipinski definition) is 0. The van der Waals surface area contributed by atoms with Crippen LogP contribution in [0, 0.1) is 67.5 Å². The van der Waals surface area contributed by atoms with E-state index in [1.165, 1.54) is 11.1 Å². The van der Waals surface area contributed by atoms with Crippen molar-refractivity contribution in [2.45, 2.75) is 126 Å². The summed E-state index contributed by atoms with van der Waals surface area (Å²) in [6.07, 6.45) is 14.0. The molecule has 4 fully saturated rings. The molecule has 0 aliphatic heterocycles. The third-order valence-corrected chi connectivity index (χ3v) is 14.6. The molecule has 1 aromatic heterocycles. The summed E-state index contributed by atoms with van der Waals surface area (Å²) in [6.45, 7) is 19.1. The molecule has 8 atom stereocenters. The van der Waals surface area contributed by atoms with Gasteiger partial charge in [0.2, 0.25) is 0 Å². The third-order valence-electron chi connectivity index (χ3n) is 14.6. The van der Waals surface area contributed by atoms with Crippen LogP contribution in [0.5, 0.6) is 0 Å². The highest BCUT2D eigenvalue weighted by atomic mass is 16.5. The number of Topliss-reactive ketones (excluding diaryl/α,β-unsaturated/α-hetero) is 1. The van der Waals surface area contributed by atoms with Gasteiger partial charge in [0.15, 0.2) is 5.78 Å². The molecule has 5 aliphatic carbocycles. The molecule has 4 saturated carbocycles. The van der Waals surface area contributed by atoms with Gasteiger partial charge in [0.25, 0.3) is 0 Å². The first kappa shape index (κ1) is 31.6. The van der Waals surface area contributed by atoms with Crippen molar-refractivity contribution in [2.24, 2.45) is 56.2 Å². The van der Waals surface area contributed by atoms with Gasteiger partial charge in [0.05, 0.1) is 30.6 Å². The molecule has 6 rings (SSSR count). The Kier molecular flexibility index (Phi) is 7.43. The van der Waals surface area contributed by atoms with Gasteiger partial charge in [0.1, 0.15) is 5.92 Å². The van der Waals surface area contributed by atoms with E-state index in [1.54, 1.807) is 6.26 Å². The number of carbonyl (C=O) groups is 2. The maximum atomic E-state index is 14.3. The van der Waals surface area contributed by atoms with E-state index in [0.717, 1.165) is 69.8 Å². The van der Waals surface area contributed by atoms with Crippen molar-refractivity contribution in [1.29, 1.82) is 5.26 Å². The molecular weight excluding hydrogens is 546 g/mol. The summed E-state index contributed by atoms with van der Waals surface area (Å²) in [5.41, 5.74) is 2.85. The lowest BCUT2D eigenvalue weighted by Gasteiger charge is -2.71. The normalized spacial score (nSPS) is 42.3. The molecule has 5 aliphatic rings. The lowest BCUT2D eigenvalue weighted by atomic mass is 9.32. The summed E-state index contributed by atoms with van der Waals surface area (Å²) in [4.78, 5) is 27.8. The lowest BCUT2D eigenvalue weighted by molar-refractivity contribution is -0.193. The number of hydrogen-bond acceptors (Lipinski definition) is 5. The SMILES string of the molecule is CCCCOC(=O)[C@]12CCC(C)(C)C[C@H]1C1=C(c3ccoc3)CC3[C@@]4(C)CC(C#N)C(=O)C(C)(C)[C@@H]4CC[C@@]3(C)[C@]1(C)CC2. The number of ether oxygens (including phenoxy) is 1. The quantitative estimate of drug-likeness (QED) is 0.248. The zero-order valence-electron chi connectivity index (χ0n) is 28.6. The minimum Gasteiger partial charge on any atom is -0.472 e. The summed E-state index contributed by atoms with van der Waals surface area (Å²) < 4.78 is 11.9. The van der Waals surface area contributed by atoms with Crippen molar-refractivity contribution in [3.8, 4) is 6.07 Å². The van der Waals surface area contributed by atoms with E-state index < -0.39 is 16.7 Å². The smallest absolute Gasteiger partial charge is 0.312 e. The number of nitriles is 1. The highest BCUT2D eigenvalue weighted by Crippen LogP contribution is 2.77. The van der Waals surface area contributed by atoms with E-state index in [-0.39, 0.29) is 45.2 Å². The van der Waals surface area contributed by atoms with Crippen LogP contribution in [0.25, 0.3) is 5.57 Å². The average molecular weight is 602 g/mol. The van der Waals surface area contributed by atoms with Gasteiger partial charge >= 0.3 is 5.97 Å². The molecule has 1 heterocycles. The number of fused-ring (bicyclic) bond motifs is 7. The Balaban J connectivity index is 1.55. The second-order valence-corrected chi connectivity index (χ2v) is 17.5. The number of furan rings is 1. The molecule has 1 aromatic rings. The van der Waals surface area contributed by atoms with Crippen LogP contribution < -0.4 is 0 Å². The number of carbonyl (C=O) groups excluding carboxylic acids is 2. The van der Waals surface area contributed by atoms with E-state index >= 15 is 0 Å². The summed E-state index contributed by atoms with van der Waals surface area (Å²) >= 11 is 0. The fraction of sp³-hybridized carbons (Fsp3) is 0.769. The second-order valence-electron chi connectivity index (χ2n) is 17.5. The Hall–Kier alpha value is -2.35. The predicted octanol–water partition coefficient (Wildman–Crippen LogP) is 9.57. The van der Waals surface area contributed by atoms with E-state index in [9.17, 15) is 14.9 Å². The van der Waals surface area contributed by atoms with Crippen LogP contribution in [0.3, 0.4) is 0 Å². The highest BCUT2D eigenvalue weighted by Gasteiger charge is 2.71. The van der Waals surface area contributed by atoms with Gasteiger partial charge in [-0.25, -0.2) is 0 Å². The number of rotatable bonds is 5. The second kappa shape index (κ2) is 10.3. The molecule has 0 N–H and O–H groups in total. The number of ketones is 1. The van der Waals surface area contributed by atoms with E-state index in [4.69, 9.17) is 9.15 Å². The summed E-state index contributed by atoms with van der Waals surface area (Å²) in [5, 5.41) is 10.2. The molecule has 0 saturated heterocycles. The highest BCUT2D eigenvalue weighted by molar-refractivity contribution is 5.90. The van der Waals surface area contributed by atoms with Gasteiger partial charge in [0, 0.05) is 11.0 Å². The first-order chi connectivity index (χ1) is 20.6. The number of unbranched alkanes of at least 4 members (excludes halogenated alkanes) is 1. The largest absolute Gasteiger partial charge is 0.472 e. The molecule has 5 heteroatoms. The van der Waals surface area contributed by atoms with Crippen molar-refractivity contribution in [3.63, 3.8) is 0 Å². The van der Waals surface area contributed by atoms with Crippen molar-refractivity contribution >= 4 is 17.3 Å². The topological polar surface area (TPSA) is 80.3 Å². The molecule has 0 spiro atoms. The zero-order chi connectivity index (χ0) is 31.9. The predicted molar refractivity (Wildman–Crippen MR) is 172 cm³/mol. The molecule has 2 unspecified atom stereocenters. The number of esters is 1. The van der Waals surface area contributed by atoms with Crippen LogP contribution in [-0.2, 0) is 14.3 Å². The van der Waals surface area contributed by atoms with Crippen LogP contribution in [0.15, 0.2) is 28.6 Å². The Bertz CT molecular complexity index is 1400. The monoisotopic (exact) mass is 601 g/mol. The van der Waals surface area contributed by atoms with Crippen LogP contribution >= 0.6 is 0 Å². The zero-order valence-corrected chi connectivity index (χ0v) is 28.6. The molecule has 240 valence electrons. The molecule has 0 bridgehead atoms. The van der Waals surface area contributed by atoms with Crippen molar-refractivity contribution < 1.29 is 18.7 Å². The minimum absolute atomic E-state index is 0.0167. The Labute approximate surface area is 265 Å². The van der Waals surface area contributed by atoms with Gasteiger partial charge in [-0.05, 0) is 115 Å². The molecule has 5 nitrogen and oxygen atoms in total. The fourth-order valence-corrected chi connectivity index (χ4v) is 12.0. The van der Waals surface area contributed by atoms with Crippen molar-refractivity contribution in [1.82, 2.24) is 0 Å². The van der Waals surface area contributed by atoms with Gasteiger partial charge in [-0.2, -0.15) is 5.26 Å². The van der Waals surface area contributed by atoms with Gasteiger partial charge in [-0.15, -0.1) is 0 Å². The first-order valence-corrected chi connectivity index (χ1v) is 17.5. The minimum atomic E-state index is -0.555. The fourth-order valence-electron chi connectivity index (χ4n) is 12.0. The van der Waals surface area contributed by atoms with Gasteiger partial charge in [-0.3, -0.25) is 9.59 Å². The third kappa shape index (κ3) is 4.21. The van der Waals surface area contributed by atoms with Crippen LogP contribution in [0.4, 0.5) is 0 Å². The number of allylic oxidation sites excluding steroid dienone is 2. The molecule has 0 amide bonds. The van der Waals surface area contributed by atoms with Crippen LogP contribution in [-0.4, -0.2) is 18.4 Å². The summed E-state index contributed by atoms with van der Waals surface area (Å²) in [6, 6.07) is 4.55. The standard InChI is InChI=1S/C39H55NO4/c1-9-10-18-44-33(42)39-16-14-34(2,3)22-28(39)31-27(25-12-19-43-24-25)20-30-36(6)21-26(23-40)32(41)35(4,5)29(36)11-13-37(30,7)38(31,8)15-17-39/h12,19,24,26,28-30H,9-11,13-18,20-22H2,1-8H3/t26?,28-,29-,30?,36-,37+,38+,39-/m0/s1. The lowest BCUT2D eigenvalue weighted by Crippen LogP contribution is -2.66. The number of nitrogens with zero attached hydrogens (tertiary/aromatic N) is 1. The summed E-state index contributed by atoms with van der Waals surface area (Å²) in [7, 11) is 0. The maximum absolute atomic E-state index is 14.3. The summed E-state index contributed by atoms with van der Waals surface area (Å²) in [5.74, 6) is 0.290. The Morgan fingerprint density at radius 2 is 1.75 bits per heavy atom. The average Bonchev–Trinajstić information content (AvgIpc) is 3.50. The van der Waals surface area contributed by atoms with Crippen LogP contribution in [0.2, 0.25) is 0 Å². The maximum Gasteiger partial charge on any atom is 0.312 e. The molecule has 0 radical (unpaired) electrons. The Morgan fingerprint density at radius 1 is 1.02 bits per heavy atom. The van der Waals surface area contributed by atoms with E-state index in [1.807, 2.05) is 6.26 Å². The van der Waals surface area contributed by atoms with Crippen molar-refractivity contribution in [3.05, 3.63) is 29.7 Å². The Morgan fingerprint density at radius 3 is 2.41 bits per heavy atom. The molecule has 0 aromatic carbocycles. The van der Waals surface area contributed by atoms with Gasteiger partial charge in [-0.1, -0.05) is 67.4 Å². The van der Waals surface area contributed by atoms with Crippen molar-refractivity contribution in [2.75, 3.05) is 6.61 Å². The van der Waals surface area contributed by atoms with Crippen LogP contribution in [0.1, 0.15) is 132 Å².